The second-order valence-electron chi connectivity index (χ2n) is 8.87. The van der Waals surface area contributed by atoms with Crippen molar-refractivity contribution in [3.63, 3.8) is 0 Å². The molecule has 0 radical (unpaired) electrons. The second-order valence-corrected chi connectivity index (χ2v) is 8.87. The number of aliphatic hydroxyl groups is 1. The first-order valence-corrected chi connectivity index (χ1v) is 10.8. The van der Waals surface area contributed by atoms with Gasteiger partial charge in [0.05, 0.1) is 5.60 Å². The predicted molar refractivity (Wildman–Crippen MR) is 108 cm³/mol. The molecule has 3 heteroatoms. The number of rotatable bonds is 4. The van der Waals surface area contributed by atoms with Crippen molar-refractivity contribution >= 4 is 0 Å². The molecule has 1 fully saturated rings. The zero-order valence-electron chi connectivity index (χ0n) is 16.7. The average Bonchev–Trinajstić information content (AvgIpc) is 2.70. The summed E-state index contributed by atoms with van der Waals surface area (Å²) in [5.74, 6) is -0.206. The van der Waals surface area contributed by atoms with Gasteiger partial charge in [-0.05, 0) is 84.7 Å². The molecular weight excluding hydrogens is 354 g/mol. The highest BCUT2D eigenvalue weighted by Crippen LogP contribution is 2.41. The Balaban J connectivity index is 1.49. The summed E-state index contributed by atoms with van der Waals surface area (Å²) in [6.45, 7) is 2.27. The van der Waals surface area contributed by atoms with Crippen LogP contribution in [0.3, 0.4) is 0 Å². The zero-order chi connectivity index (χ0) is 19.7. The molecule has 1 N–H and O–H groups in total. The van der Waals surface area contributed by atoms with Crippen molar-refractivity contribution in [1.29, 1.82) is 0 Å². The molecule has 2 aliphatic rings. The fraction of sp³-hybridized carbons (Fsp3) is 0.520. The average molecular weight is 385 g/mol. The van der Waals surface area contributed by atoms with Crippen LogP contribution < -0.4 is 0 Å². The summed E-state index contributed by atoms with van der Waals surface area (Å²) in [5, 5.41) is 11.1. The number of hydrogen-bond acceptors (Lipinski definition) is 1. The third kappa shape index (κ3) is 3.87. The molecule has 0 aromatic heterocycles. The second kappa shape index (κ2) is 7.94. The Bertz CT molecular complexity index is 838. The summed E-state index contributed by atoms with van der Waals surface area (Å²) in [6.07, 6.45) is 9.65. The minimum absolute atomic E-state index is 0.455. The lowest BCUT2D eigenvalue weighted by Crippen LogP contribution is -2.33. The van der Waals surface area contributed by atoms with Crippen LogP contribution in [0.15, 0.2) is 36.4 Å². The van der Waals surface area contributed by atoms with E-state index in [1.165, 1.54) is 55.7 Å². The smallest absolute Gasteiger partial charge is 0.159 e. The van der Waals surface area contributed by atoms with Crippen molar-refractivity contribution in [3.8, 4) is 0 Å². The number of hydrogen-bond donors (Lipinski definition) is 1. The maximum Gasteiger partial charge on any atom is 0.159 e. The Labute approximate surface area is 166 Å². The predicted octanol–water partition coefficient (Wildman–Crippen LogP) is 6.42. The Morgan fingerprint density at radius 3 is 2.46 bits per heavy atom. The molecule has 0 saturated heterocycles. The van der Waals surface area contributed by atoms with Gasteiger partial charge < -0.3 is 5.11 Å². The van der Waals surface area contributed by atoms with Crippen molar-refractivity contribution in [2.24, 2.45) is 5.92 Å². The maximum absolute atomic E-state index is 13.6. The van der Waals surface area contributed by atoms with Crippen molar-refractivity contribution in [3.05, 3.63) is 70.3 Å². The first-order valence-electron chi connectivity index (χ1n) is 10.8. The number of halogens is 2. The van der Waals surface area contributed by atoms with Crippen molar-refractivity contribution in [1.82, 2.24) is 0 Å². The minimum Gasteiger partial charge on any atom is -0.385 e. The van der Waals surface area contributed by atoms with E-state index in [0.29, 0.717) is 24.3 Å². The van der Waals surface area contributed by atoms with Gasteiger partial charge in [-0.15, -0.1) is 0 Å². The van der Waals surface area contributed by atoms with Crippen molar-refractivity contribution in [2.45, 2.75) is 76.2 Å². The van der Waals surface area contributed by atoms with Crippen LogP contribution in [0.5, 0.6) is 0 Å². The van der Waals surface area contributed by atoms with Crippen LogP contribution in [0.2, 0.25) is 0 Å². The fourth-order valence-corrected chi connectivity index (χ4v) is 5.27. The van der Waals surface area contributed by atoms with E-state index in [1.807, 2.05) is 0 Å². The van der Waals surface area contributed by atoms with Crippen LogP contribution in [0.25, 0.3) is 0 Å². The molecule has 4 rings (SSSR count). The monoisotopic (exact) mass is 384 g/mol. The van der Waals surface area contributed by atoms with Gasteiger partial charge in [-0.1, -0.05) is 44.0 Å². The van der Waals surface area contributed by atoms with Gasteiger partial charge in [-0.25, -0.2) is 8.78 Å². The summed E-state index contributed by atoms with van der Waals surface area (Å²) in [7, 11) is 0. The Morgan fingerprint density at radius 2 is 1.75 bits per heavy atom. The van der Waals surface area contributed by atoms with Crippen LogP contribution >= 0.6 is 0 Å². The van der Waals surface area contributed by atoms with Crippen molar-refractivity contribution in [2.75, 3.05) is 0 Å². The molecule has 0 aliphatic heterocycles. The Hall–Kier alpha value is -1.74. The van der Waals surface area contributed by atoms with E-state index in [4.69, 9.17) is 0 Å². The summed E-state index contributed by atoms with van der Waals surface area (Å²) >= 11 is 0. The van der Waals surface area contributed by atoms with E-state index in [1.54, 1.807) is 0 Å². The van der Waals surface area contributed by atoms with Gasteiger partial charge in [0.15, 0.2) is 11.6 Å². The van der Waals surface area contributed by atoms with E-state index in [-0.39, 0.29) is 0 Å². The fourth-order valence-electron chi connectivity index (χ4n) is 5.27. The van der Waals surface area contributed by atoms with Gasteiger partial charge >= 0.3 is 0 Å². The molecule has 2 aromatic rings. The van der Waals surface area contributed by atoms with E-state index >= 15 is 0 Å². The molecule has 2 aliphatic carbocycles. The lowest BCUT2D eigenvalue weighted by Gasteiger charge is -2.35. The summed E-state index contributed by atoms with van der Waals surface area (Å²) in [4.78, 5) is 0. The van der Waals surface area contributed by atoms with Gasteiger partial charge in [0.2, 0.25) is 0 Å². The Morgan fingerprint density at radius 1 is 0.964 bits per heavy atom. The summed E-state index contributed by atoms with van der Waals surface area (Å²) in [5.41, 5.74) is 3.21. The summed E-state index contributed by atoms with van der Waals surface area (Å²) in [6, 6.07) is 10.5. The van der Waals surface area contributed by atoms with Crippen molar-refractivity contribution < 1.29 is 13.9 Å². The molecule has 0 spiro atoms. The van der Waals surface area contributed by atoms with Crippen LogP contribution in [0.4, 0.5) is 8.78 Å². The Kier molecular flexibility index (Phi) is 5.55. The first-order chi connectivity index (χ1) is 13.5. The highest BCUT2D eigenvalue weighted by atomic mass is 19.2. The molecule has 150 valence electrons. The number of benzene rings is 2. The topological polar surface area (TPSA) is 20.2 Å². The molecule has 1 atom stereocenters. The van der Waals surface area contributed by atoms with Gasteiger partial charge in [-0.3, -0.25) is 0 Å². The quantitative estimate of drug-likeness (QED) is 0.645. The molecule has 0 amide bonds. The normalized spacial score (nSPS) is 27.4. The number of aryl methyl sites for hydroxylation is 1. The van der Waals surface area contributed by atoms with E-state index in [9.17, 15) is 13.9 Å². The van der Waals surface area contributed by atoms with Gasteiger partial charge in [-0.2, -0.15) is 0 Å². The highest BCUT2D eigenvalue weighted by Gasteiger charge is 2.35. The summed E-state index contributed by atoms with van der Waals surface area (Å²) < 4.78 is 26.9. The molecule has 28 heavy (non-hydrogen) atoms. The molecule has 0 heterocycles. The van der Waals surface area contributed by atoms with Crippen LogP contribution in [0.1, 0.15) is 80.0 Å². The molecule has 0 bridgehead atoms. The largest absolute Gasteiger partial charge is 0.385 e. The molecule has 1 unspecified atom stereocenters. The van der Waals surface area contributed by atoms with Gasteiger partial charge in [0.25, 0.3) is 0 Å². The highest BCUT2D eigenvalue weighted by molar-refractivity contribution is 5.39. The standard InChI is InChI=1S/C25H30F2O/c1-2-3-17-4-6-18(7-5-17)19-8-9-21-16-25(28,13-12-20(21)14-19)22-10-11-23(26)24(27)15-22/h8-11,14-15,17-18,28H,2-7,12-13,16H2,1H3/t17-,18-,25?. The lowest BCUT2D eigenvalue weighted by atomic mass is 9.73. The van der Waals surface area contributed by atoms with Crippen LogP contribution in [0, 0.1) is 17.6 Å². The molecule has 1 saturated carbocycles. The van der Waals surface area contributed by atoms with Gasteiger partial charge in [0, 0.05) is 6.42 Å². The third-order valence-electron chi connectivity index (χ3n) is 6.99. The van der Waals surface area contributed by atoms with Gasteiger partial charge in [0.1, 0.15) is 0 Å². The first kappa shape index (κ1) is 19.6. The minimum atomic E-state index is -1.12. The number of fused-ring (bicyclic) bond motifs is 1. The third-order valence-corrected chi connectivity index (χ3v) is 6.99. The molecule has 2 aromatic carbocycles. The van der Waals surface area contributed by atoms with Crippen LogP contribution in [-0.2, 0) is 18.4 Å². The SMILES string of the molecule is CCC[C@H]1CC[C@H](c2ccc3c(c2)CCC(O)(c2ccc(F)c(F)c2)C3)CC1. The van der Waals surface area contributed by atoms with E-state index in [2.05, 4.69) is 25.1 Å². The maximum atomic E-state index is 13.6. The van der Waals surface area contributed by atoms with E-state index < -0.39 is 17.2 Å². The van der Waals surface area contributed by atoms with E-state index in [0.717, 1.165) is 30.0 Å². The van der Waals surface area contributed by atoms with Crippen LogP contribution in [-0.4, -0.2) is 5.11 Å². The molecular formula is C25H30F2O. The molecule has 1 nitrogen and oxygen atoms in total. The zero-order valence-corrected chi connectivity index (χ0v) is 16.7. The lowest BCUT2D eigenvalue weighted by molar-refractivity contribution is 0.0218.